The highest BCUT2D eigenvalue weighted by Crippen LogP contribution is 2.34. The van der Waals surface area contributed by atoms with Crippen molar-refractivity contribution in [3.05, 3.63) is 35.1 Å². The highest BCUT2D eigenvalue weighted by atomic mass is 35.5. The second kappa shape index (κ2) is 8.87. The van der Waals surface area contributed by atoms with Crippen LogP contribution in [0.25, 0.3) is 0 Å². The van der Waals surface area contributed by atoms with E-state index in [0.717, 1.165) is 0 Å². The Morgan fingerprint density at radius 1 is 1.22 bits per heavy atom. The SMILES string of the molecule is CCOC(=O)CN1CCN(c2ccc(N3CCOc4ncnc(N)c4C3=O)cc2Cl)C1=O. The molecule has 12 heteroatoms. The zero-order chi connectivity index (χ0) is 22.8. The molecule has 11 nitrogen and oxygen atoms in total. The largest absolute Gasteiger partial charge is 0.475 e. The van der Waals surface area contributed by atoms with Gasteiger partial charge in [0.25, 0.3) is 5.91 Å². The van der Waals surface area contributed by atoms with Gasteiger partial charge in [0.05, 0.1) is 23.9 Å². The molecule has 2 N–H and O–H groups in total. The van der Waals surface area contributed by atoms with Crippen LogP contribution in [0, 0.1) is 0 Å². The lowest BCUT2D eigenvalue weighted by atomic mass is 10.2. The van der Waals surface area contributed by atoms with E-state index in [9.17, 15) is 14.4 Å². The maximum Gasteiger partial charge on any atom is 0.325 e. The summed E-state index contributed by atoms with van der Waals surface area (Å²) in [7, 11) is 0. The third-order valence-corrected chi connectivity index (χ3v) is 5.41. The summed E-state index contributed by atoms with van der Waals surface area (Å²) in [6.07, 6.45) is 1.24. The number of hydrogen-bond donors (Lipinski definition) is 1. The highest BCUT2D eigenvalue weighted by molar-refractivity contribution is 6.34. The first-order valence-corrected chi connectivity index (χ1v) is 10.3. The van der Waals surface area contributed by atoms with Gasteiger partial charge in [-0.1, -0.05) is 11.6 Å². The van der Waals surface area contributed by atoms with Crippen molar-refractivity contribution < 1.29 is 23.9 Å². The number of carbonyl (C=O) groups excluding carboxylic acids is 3. The Bertz CT molecular complexity index is 1080. The Hall–Kier alpha value is -3.60. The molecule has 0 aliphatic carbocycles. The van der Waals surface area contributed by atoms with Gasteiger partial charge in [0.2, 0.25) is 5.88 Å². The van der Waals surface area contributed by atoms with E-state index in [0.29, 0.717) is 24.5 Å². The number of aromatic nitrogens is 2. The summed E-state index contributed by atoms with van der Waals surface area (Å²) >= 11 is 6.49. The number of urea groups is 1. The highest BCUT2D eigenvalue weighted by Gasteiger charge is 2.33. The zero-order valence-corrected chi connectivity index (χ0v) is 18.0. The van der Waals surface area contributed by atoms with Gasteiger partial charge in [-0.15, -0.1) is 0 Å². The lowest BCUT2D eigenvalue weighted by Gasteiger charge is -2.23. The van der Waals surface area contributed by atoms with Crippen molar-refractivity contribution in [1.82, 2.24) is 14.9 Å². The monoisotopic (exact) mass is 460 g/mol. The van der Waals surface area contributed by atoms with Crippen LogP contribution in [0.5, 0.6) is 5.88 Å². The first-order valence-electron chi connectivity index (χ1n) is 9.97. The van der Waals surface area contributed by atoms with E-state index in [4.69, 9.17) is 26.8 Å². The van der Waals surface area contributed by atoms with Crippen LogP contribution in [-0.4, -0.2) is 72.2 Å². The van der Waals surface area contributed by atoms with Gasteiger partial charge < -0.3 is 25.0 Å². The molecule has 3 heterocycles. The number of rotatable bonds is 5. The summed E-state index contributed by atoms with van der Waals surface area (Å²) in [5, 5.41) is 0.282. The Morgan fingerprint density at radius 3 is 2.78 bits per heavy atom. The molecule has 0 bridgehead atoms. The number of fused-ring (bicyclic) bond motifs is 1. The lowest BCUT2D eigenvalue weighted by molar-refractivity contribution is -0.143. The molecule has 2 aromatic rings. The summed E-state index contributed by atoms with van der Waals surface area (Å²) in [4.78, 5) is 49.8. The molecule has 1 aromatic heterocycles. The molecule has 4 rings (SSSR count). The minimum atomic E-state index is -0.463. The lowest BCUT2D eigenvalue weighted by Crippen LogP contribution is -2.36. The molecular formula is C20H21ClN6O5. The fraction of sp³-hybridized carbons (Fsp3) is 0.350. The molecular weight excluding hydrogens is 440 g/mol. The number of esters is 1. The summed E-state index contributed by atoms with van der Waals surface area (Å²) in [6, 6.07) is 4.60. The van der Waals surface area contributed by atoms with Crippen LogP contribution in [0.15, 0.2) is 24.5 Å². The van der Waals surface area contributed by atoms with Crippen LogP contribution >= 0.6 is 11.6 Å². The Kier molecular flexibility index (Phi) is 5.99. The van der Waals surface area contributed by atoms with Gasteiger partial charge in [0.1, 0.15) is 30.9 Å². The van der Waals surface area contributed by atoms with E-state index >= 15 is 0 Å². The molecule has 0 atom stereocenters. The topological polar surface area (TPSA) is 131 Å². The third kappa shape index (κ3) is 3.98. The maximum absolute atomic E-state index is 13.1. The first kappa shape index (κ1) is 21.6. The number of halogens is 1. The number of nitrogen functional groups attached to an aromatic ring is 1. The molecule has 32 heavy (non-hydrogen) atoms. The van der Waals surface area contributed by atoms with Gasteiger partial charge in [-0.25, -0.2) is 14.8 Å². The zero-order valence-electron chi connectivity index (χ0n) is 17.3. The number of ether oxygens (including phenoxy) is 2. The first-order chi connectivity index (χ1) is 15.4. The summed E-state index contributed by atoms with van der Waals surface area (Å²) < 4.78 is 10.4. The second-order valence-electron chi connectivity index (χ2n) is 7.04. The molecule has 168 valence electrons. The molecule has 1 saturated heterocycles. The maximum atomic E-state index is 13.1. The fourth-order valence-corrected chi connectivity index (χ4v) is 3.88. The summed E-state index contributed by atoms with van der Waals surface area (Å²) in [5.74, 6) is -0.706. The average Bonchev–Trinajstić information content (AvgIpc) is 3.00. The van der Waals surface area contributed by atoms with E-state index in [2.05, 4.69) is 9.97 Å². The Morgan fingerprint density at radius 2 is 2.03 bits per heavy atom. The van der Waals surface area contributed by atoms with Crippen molar-refractivity contribution in [1.29, 1.82) is 0 Å². The molecule has 3 amide bonds. The smallest absolute Gasteiger partial charge is 0.325 e. The molecule has 2 aliphatic heterocycles. The van der Waals surface area contributed by atoms with Crippen molar-refractivity contribution in [2.45, 2.75) is 6.92 Å². The Labute approximate surface area is 188 Å². The molecule has 0 saturated carbocycles. The van der Waals surface area contributed by atoms with Crippen molar-refractivity contribution >= 4 is 46.7 Å². The van der Waals surface area contributed by atoms with Gasteiger partial charge in [-0.2, -0.15) is 0 Å². The quantitative estimate of drug-likeness (QED) is 0.665. The van der Waals surface area contributed by atoms with Gasteiger partial charge in [-0.05, 0) is 25.1 Å². The van der Waals surface area contributed by atoms with Gasteiger partial charge in [0.15, 0.2) is 0 Å². The predicted molar refractivity (Wildman–Crippen MR) is 116 cm³/mol. The number of benzene rings is 1. The molecule has 2 aliphatic rings. The van der Waals surface area contributed by atoms with E-state index in [-0.39, 0.29) is 54.6 Å². The van der Waals surface area contributed by atoms with Crippen LogP contribution in [0.4, 0.5) is 22.0 Å². The van der Waals surface area contributed by atoms with Crippen LogP contribution in [0.3, 0.4) is 0 Å². The minimum Gasteiger partial charge on any atom is -0.475 e. The van der Waals surface area contributed by atoms with E-state index in [1.54, 1.807) is 25.1 Å². The summed E-state index contributed by atoms with van der Waals surface area (Å²) in [6.45, 7) is 3.04. The second-order valence-corrected chi connectivity index (χ2v) is 7.45. The molecule has 0 spiro atoms. The number of hydrogen-bond acceptors (Lipinski definition) is 8. The molecule has 1 fully saturated rings. The molecule has 0 unspecified atom stereocenters. The number of amides is 3. The number of nitrogens with two attached hydrogens (primary N) is 1. The van der Waals surface area contributed by atoms with E-state index < -0.39 is 11.9 Å². The fourth-order valence-electron chi connectivity index (χ4n) is 3.61. The van der Waals surface area contributed by atoms with Gasteiger partial charge in [0, 0.05) is 18.8 Å². The number of nitrogens with zero attached hydrogens (tertiary/aromatic N) is 5. The van der Waals surface area contributed by atoms with Gasteiger partial charge >= 0.3 is 12.0 Å². The predicted octanol–water partition coefficient (Wildman–Crippen LogP) is 1.56. The third-order valence-electron chi connectivity index (χ3n) is 5.11. The average molecular weight is 461 g/mol. The van der Waals surface area contributed by atoms with E-state index in [1.165, 1.54) is 21.0 Å². The van der Waals surface area contributed by atoms with Crippen LogP contribution in [-0.2, 0) is 9.53 Å². The number of carbonyl (C=O) groups is 3. The van der Waals surface area contributed by atoms with Crippen LogP contribution < -0.4 is 20.3 Å². The molecule has 0 radical (unpaired) electrons. The van der Waals surface area contributed by atoms with Crippen molar-refractivity contribution in [3.8, 4) is 5.88 Å². The van der Waals surface area contributed by atoms with Crippen molar-refractivity contribution in [3.63, 3.8) is 0 Å². The van der Waals surface area contributed by atoms with Gasteiger partial charge in [-0.3, -0.25) is 14.5 Å². The van der Waals surface area contributed by atoms with Crippen molar-refractivity contribution in [2.24, 2.45) is 0 Å². The van der Waals surface area contributed by atoms with Crippen LogP contribution in [0.1, 0.15) is 17.3 Å². The minimum absolute atomic E-state index is 0.0268. The normalized spacial score (nSPS) is 16.0. The summed E-state index contributed by atoms with van der Waals surface area (Å²) in [5.41, 5.74) is 6.96. The van der Waals surface area contributed by atoms with E-state index in [1.807, 2.05) is 0 Å². The number of anilines is 3. The van der Waals surface area contributed by atoms with Crippen LogP contribution in [0.2, 0.25) is 5.02 Å². The molecule has 1 aromatic carbocycles. The Balaban J connectivity index is 1.55. The van der Waals surface area contributed by atoms with Crippen molar-refractivity contribution in [2.75, 3.05) is 54.9 Å². The standard InChI is InChI=1S/C20H21ClN6O5/c1-2-31-15(28)10-25-5-6-27(20(25)30)14-4-3-12(9-13(14)21)26-7-8-32-18-16(19(26)29)17(22)23-11-24-18/h3-4,9,11H,2,5-8,10H2,1H3,(H2,22,23,24).